The Bertz CT molecular complexity index is 276. The number of halogens is 2. The Kier molecular flexibility index (Phi) is 2.70. The second-order valence-electron chi connectivity index (χ2n) is 2.48. The summed E-state index contributed by atoms with van der Waals surface area (Å²) in [6.45, 7) is 1.24. The van der Waals surface area contributed by atoms with Crippen LogP contribution < -0.4 is 0 Å². The van der Waals surface area contributed by atoms with Crippen molar-refractivity contribution >= 4 is 0 Å². The number of nitrogens with zero attached hydrogens (tertiary/aromatic N) is 1. The van der Waals surface area contributed by atoms with Gasteiger partial charge in [-0.15, -0.1) is 0 Å². The lowest BCUT2D eigenvalue weighted by atomic mass is 10.1. The molecule has 0 saturated heterocycles. The van der Waals surface area contributed by atoms with E-state index in [1.54, 1.807) is 6.92 Å². The van der Waals surface area contributed by atoms with Gasteiger partial charge in [0.05, 0.1) is 6.61 Å². The normalized spacial score (nSPS) is 10.8. The fourth-order valence-electron chi connectivity index (χ4n) is 0.945. The summed E-state index contributed by atoms with van der Waals surface area (Å²) in [7, 11) is 0. The van der Waals surface area contributed by atoms with E-state index in [1.807, 2.05) is 0 Å². The molecule has 0 radical (unpaired) electrons. The van der Waals surface area contributed by atoms with Gasteiger partial charge in [0.25, 0.3) is 6.43 Å². The van der Waals surface area contributed by atoms with Crippen molar-refractivity contribution in [1.29, 1.82) is 0 Å². The van der Waals surface area contributed by atoms with Crippen LogP contribution >= 0.6 is 0 Å². The third-order valence-corrected chi connectivity index (χ3v) is 1.56. The molecule has 0 saturated carbocycles. The summed E-state index contributed by atoms with van der Waals surface area (Å²) in [5, 5.41) is 8.68. The Morgan fingerprint density at radius 2 is 2.25 bits per heavy atom. The fourth-order valence-corrected chi connectivity index (χ4v) is 0.945. The third kappa shape index (κ3) is 1.76. The maximum Gasteiger partial charge on any atom is 0.264 e. The average Bonchev–Trinajstić information content (AvgIpc) is 2.04. The summed E-state index contributed by atoms with van der Waals surface area (Å²) in [4.78, 5) is 3.80. The number of alkyl halides is 2. The molecule has 0 bridgehead atoms. The van der Waals surface area contributed by atoms with Crippen molar-refractivity contribution in [2.75, 3.05) is 0 Å². The van der Waals surface area contributed by atoms with Gasteiger partial charge in [0, 0.05) is 23.0 Å². The third-order valence-electron chi connectivity index (χ3n) is 1.56. The summed E-state index contributed by atoms with van der Waals surface area (Å²) in [5.41, 5.74) is 0.586. The van der Waals surface area contributed by atoms with Crippen LogP contribution in [0.15, 0.2) is 12.3 Å². The first-order chi connectivity index (χ1) is 5.65. The first-order valence-electron chi connectivity index (χ1n) is 3.49. The molecule has 0 spiro atoms. The Balaban J connectivity index is 3.12. The number of aryl methyl sites for hydroxylation is 1. The number of pyridine rings is 1. The molecule has 4 heteroatoms. The van der Waals surface area contributed by atoms with Gasteiger partial charge in [0.2, 0.25) is 0 Å². The van der Waals surface area contributed by atoms with Crippen LogP contribution in [0.1, 0.15) is 23.2 Å². The topological polar surface area (TPSA) is 33.1 Å². The minimum Gasteiger partial charge on any atom is -0.392 e. The highest BCUT2D eigenvalue weighted by molar-refractivity contribution is 5.26. The lowest BCUT2D eigenvalue weighted by Gasteiger charge is -2.05. The molecule has 0 fully saturated rings. The Morgan fingerprint density at radius 1 is 1.58 bits per heavy atom. The molecule has 1 aromatic heterocycles. The highest BCUT2D eigenvalue weighted by Gasteiger charge is 2.12. The first-order valence-corrected chi connectivity index (χ1v) is 3.49. The van der Waals surface area contributed by atoms with Crippen molar-refractivity contribution in [1.82, 2.24) is 4.98 Å². The van der Waals surface area contributed by atoms with Gasteiger partial charge < -0.3 is 5.11 Å². The predicted octanol–water partition coefficient (Wildman–Crippen LogP) is 1.82. The lowest BCUT2D eigenvalue weighted by Crippen LogP contribution is -1.97. The van der Waals surface area contributed by atoms with E-state index in [9.17, 15) is 8.78 Å². The Labute approximate surface area is 68.9 Å². The van der Waals surface area contributed by atoms with E-state index in [1.165, 1.54) is 12.3 Å². The Hall–Kier alpha value is -1.03. The highest BCUT2D eigenvalue weighted by Crippen LogP contribution is 2.22. The summed E-state index contributed by atoms with van der Waals surface area (Å²) in [5.74, 6) is 0. The zero-order valence-electron chi connectivity index (χ0n) is 6.59. The molecule has 1 aromatic rings. The number of aliphatic hydroxyl groups excluding tert-OH is 1. The zero-order valence-corrected chi connectivity index (χ0v) is 6.59. The highest BCUT2D eigenvalue weighted by atomic mass is 19.3. The number of aliphatic hydroxyl groups is 1. The molecule has 1 N–H and O–H groups in total. The van der Waals surface area contributed by atoms with Gasteiger partial charge in [-0.1, -0.05) is 0 Å². The molecular formula is C8H9F2NO. The van der Waals surface area contributed by atoms with Gasteiger partial charge in [0.15, 0.2) is 0 Å². The molecule has 12 heavy (non-hydrogen) atoms. The van der Waals surface area contributed by atoms with E-state index >= 15 is 0 Å². The molecule has 66 valence electrons. The monoisotopic (exact) mass is 173 g/mol. The van der Waals surface area contributed by atoms with E-state index in [2.05, 4.69) is 4.98 Å². The second-order valence-corrected chi connectivity index (χ2v) is 2.48. The van der Waals surface area contributed by atoms with Gasteiger partial charge in [-0.05, 0) is 13.0 Å². The van der Waals surface area contributed by atoms with Crippen LogP contribution in [0.5, 0.6) is 0 Å². The smallest absolute Gasteiger partial charge is 0.264 e. The van der Waals surface area contributed by atoms with Crippen LogP contribution in [0.4, 0.5) is 8.78 Å². The van der Waals surface area contributed by atoms with Gasteiger partial charge in [-0.2, -0.15) is 0 Å². The van der Waals surface area contributed by atoms with E-state index in [-0.39, 0.29) is 11.1 Å². The largest absolute Gasteiger partial charge is 0.392 e. The van der Waals surface area contributed by atoms with Crippen LogP contribution in [-0.4, -0.2) is 10.1 Å². The molecule has 1 rings (SSSR count). The molecule has 2 nitrogen and oxygen atoms in total. The van der Waals surface area contributed by atoms with E-state index in [0.717, 1.165) is 0 Å². The van der Waals surface area contributed by atoms with Crippen LogP contribution in [0.2, 0.25) is 0 Å². The SMILES string of the molecule is Cc1cc(C(F)F)c(CO)cn1. The minimum atomic E-state index is -2.55. The van der Waals surface area contributed by atoms with Gasteiger partial charge in [-0.25, -0.2) is 8.78 Å². The average molecular weight is 173 g/mol. The molecular weight excluding hydrogens is 164 g/mol. The first kappa shape index (κ1) is 9.06. The van der Waals surface area contributed by atoms with Crippen molar-refractivity contribution in [2.24, 2.45) is 0 Å². The number of hydrogen-bond acceptors (Lipinski definition) is 2. The molecule has 1 heterocycles. The van der Waals surface area contributed by atoms with E-state index in [4.69, 9.17) is 5.11 Å². The van der Waals surface area contributed by atoms with Crippen LogP contribution in [0.25, 0.3) is 0 Å². The second kappa shape index (κ2) is 3.58. The standard InChI is InChI=1S/C8H9F2NO/c1-5-2-7(8(9)10)6(4-12)3-11-5/h2-3,8,12H,4H2,1H3. The predicted molar refractivity (Wildman–Crippen MR) is 39.9 cm³/mol. The van der Waals surface area contributed by atoms with Crippen LogP contribution in [-0.2, 0) is 6.61 Å². The van der Waals surface area contributed by atoms with Crippen molar-refractivity contribution in [3.05, 3.63) is 29.1 Å². The lowest BCUT2D eigenvalue weighted by molar-refractivity contribution is 0.147. The summed E-state index contributed by atoms with van der Waals surface area (Å²) in [6.07, 6.45) is -1.27. The number of aromatic nitrogens is 1. The van der Waals surface area contributed by atoms with Crippen LogP contribution in [0, 0.1) is 6.92 Å². The molecule has 0 unspecified atom stereocenters. The Morgan fingerprint density at radius 3 is 2.75 bits per heavy atom. The molecule has 0 atom stereocenters. The zero-order chi connectivity index (χ0) is 9.14. The molecule has 0 amide bonds. The van der Waals surface area contributed by atoms with Crippen molar-refractivity contribution < 1.29 is 13.9 Å². The summed E-state index contributed by atoms with van der Waals surface area (Å²) >= 11 is 0. The fraction of sp³-hybridized carbons (Fsp3) is 0.375. The molecule has 0 aliphatic heterocycles. The number of hydrogen-bond donors (Lipinski definition) is 1. The maximum atomic E-state index is 12.3. The number of rotatable bonds is 2. The van der Waals surface area contributed by atoms with E-state index < -0.39 is 13.0 Å². The minimum absolute atomic E-state index is 0.134. The van der Waals surface area contributed by atoms with E-state index in [0.29, 0.717) is 5.69 Å². The molecule has 0 aliphatic rings. The van der Waals surface area contributed by atoms with Gasteiger partial charge in [-0.3, -0.25) is 4.98 Å². The van der Waals surface area contributed by atoms with Crippen LogP contribution in [0.3, 0.4) is 0 Å². The van der Waals surface area contributed by atoms with Crippen molar-refractivity contribution in [3.63, 3.8) is 0 Å². The summed E-state index contributed by atoms with van der Waals surface area (Å²) < 4.78 is 24.5. The van der Waals surface area contributed by atoms with Gasteiger partial charge in [0.1, 0.15) is 0 Å². The quantitative estimate of drug-likeness (QED) is 0.739. The van der Waals surface area contributed by atoms with Crippen molar-refractivity contribution in [3.8, 4) is 0 Å². The van der Waals surface area contributed by atoms with Gasteiger partial charge >= 0.3 is 0 Å². The molecule has 0 aromatic carbocycles. The van der Waals surface area contributed by atoms with Crippen molar-refractivity contribution in [2.45, 2.75) is 20.0 Å². The maximum absolute atomic E-state index is 12.3. The molecule has 0 aliphatic carbocycles. The summed E-state index contributed by atoms with van der Waals surface area (Å²) in [6, 6.07) is 1.29.